The second-order valence-corrected chi connectivity index (χ2v) is 5.95. The van der Waals surface area contributed by atoms with E-state index in [1.807, 2.05) is 5.43 Å². The van der Waals surface area contributed by atoms with Crippen LogP contribution in [0.25, 0.3) is 0 Å². The molecule has 0 spiro atoms. The fourth-order valence-corrected chi connectivity index (χ4v) is 2.68. The summed E-state index contributed by atoms with van der Waals surface area (Å²) < 4.78 is 34.6. The number of anilines is 1. The van der Waals surface area contributed by atoms with Gasteiger partial charge in [-0.05, 0) is 18.2 Å². The molecule has 1 atom stereocenters. The Bertz CT molecular complexity index is 661. The summed E-state index contributed by atoms with van der Waals surface area (Å²) in [5, 5.41) is -1.37. The third-order valence-corrected chi connectivity index (χ3v) is 4.15. The van der Waals surface area contributed by atoms with Gasteiger partial charge in [0.25, 0.3) is 5.91 Å². The van der Waals surface area contributed by atoms with E-state index in [2.05, 4.69) is 0 Å². The molecule has 1 aromatic carbocycles. The van der Waals surface area contributed by atoms with Crippen LogP contribution in [-0.2, 0) is 15.0 Å². The van der Waals surface area contributed by atoms with Gasteiger partial charge in [-0.15, -0.1) is 3.89 Å². The average molecular weight is 301 g/mol. The van der Waals surface area contributed by atoms with Crippen LogP contribution in [0.4, 0.5) is 9.57 Å². The molecule has 2 rings (SSSR count). The highest BCUT2D eigenvalue weighted by molar-refractivity contribution is 7.87. The van der Waals surface area contributed by atoms with Crippen LogP contribution >= 0.6 is 0 Å². The molecule has 0 radical (unpaired) electrons. The Morgan fingerprint density at radius 2 is 2.15 bits per heavy atom. The van der Waals surface area contributed by atoms with E-state index in [1.165, 1.54) is 24.3 Å². The summed E-state index contributed by atoms with van der Waals surface area (Å²) in [6.07, 6.45) is -0.411. The molecule has 1 heterocycles. The van der Waals surface area contributed by atoms with Gasteiger partial charge in [-0.25, -0.2) is 5.84 Å². The zero-order chi connectivity index (χ0) is 14.9. The molecule has 0 saturated carbocycles. The Balaban J connectivity index is 2.29. The molecule has 1 saturated heterocycles. The number of hydrogen-bond donors (Lipinski definition) is 2. The van der Waals surface area contributed by atoms with Crippen LogP contribution in [0.1, 0.15) is 16.8 Å². The van der Waals surface area contributed by atoms with Crippen LogP contribution in [0.15, 0.2) is 24.3 Å². The summed E-state index contributed by atoms with van der Waals surface area (Å²) in [6, 6.07) is 5.91. The lowest BCUT2D eigenvalue weighted by Gasteiger charge is -2.16. The van der Waals surface area contributed by atoms with Crippen LogP contribution in [0.5, 0.6) is 0 Å². The van der Waals surface area contributed by atoms with Gasteiger partial charge in [0.1, 0.15) is 5.25 Å². The SMILES string of the molecule is NNC(=O)c1cccc(N2CC(S(=O)(=O)F)CC2=O)c1. The van der Waals surface area contributed by atoms with E-state index in [4.69, 9.17) is 5.84 Å². The van der Waals surface area contributed by atoms with Crippen molar-refractivity contribution in [2.24, 2.45) is 5.84 Å². The second-order valence-electron chi connectivity index (χ2n) is 4.33. The molecule has 9 heteroatoms. The lowest BCUT2D eigenvalue weighted by molar-refractivity contribution is -0.117. The first-order valence-electron chi connectivity index (χ1n) is 5.68. The first-order valence-corrected chi connectivity index (χ1v) is 7.12. The van der Waals surface area contributed by atoms with Crippen molar-refractivity contribution in [1.29, 1.82) is 0 Å². The number of rotatable bonds is 3. The molecule has 108 valence electrons. The monoisotopic (exact) mass is 301 g/mol. The normalized spacial score (nSPS) is 19.2. The average Bonchev–Trinajstić information content (AvgIpc) is 2.80. The number of carbonyl (C=O) groups excluding carboxylic acids is 2. The molecule has 1 aliphatic heterocycles. The molecule has 0 bridgehead atoms. The predicted molar refractivity (Wildman–Crippen MR) is 68.9 cm³/mol. The van der Waals surface area contributed by atoms with E-state index in [0.29, 0.717) is 5.69 Å². The predicted octanol–water partition coefficient (Wildman–Crippen LogP) is -0.305. The van der Waals surface area contributed by atoms with Crippen LogP contribution in [0, 0.1) is 0 Å². The van der Waals surface area contributed by atoms with Crippen molar-refractivity contribution in [3.05, 3.63) is 29.8 Å². The van der Waals surface area contributed by atoms with E-state index in [-0.39, 0.29) is 12.1 Å². The van der Waals surface area contributed by atoms with E-state index in [0.717, 1.165) is 4.90 Å². The number of nitrogen functional groups attached to an aromatic ring is 1. The maximum absolute atomic E-state index is 12.9. The fourth-order valence-electron chi connectivity index (χ4n) is 2.01. The minimum atomic E-state index is -4.77. The number of nitrogens with one attached hydrogen (secondary N) is 1. The highest BCUT2D eigenvalue weighted by atomic mass is 32.3. The zero-order valence-corrected chi connectivity index (χ0v) is 11.1. The van der Waals surface area contributed by atoms with Gasteiger partial charge >= 0.3 is 10.2 Å². The Morgan fingerprint density at radius 3 is 2.70 bits per heavy atom. The third kappa shape index (κ3) is 2.78. The summed E-state index contributed by atoms with van der Waals surface area (Å²) in [5.41, 5.74) is 2.48. The van der Waals surface area contributed by atoms with Crippen molar-refractivity contribution in [2.45, 2.75) is 11.7 Å². The van der Waals surface area contributed by atoms with E-state index in [1.54, 1.807) is 0 Å². The number of nitrogens with zero attached hydrogens (tertiary/aromatic N) is 1. The molecular formula is C11H12FN3O4S. The Morgan fingerprint density at radius 1 is 1.45 bits per heavy atom. The minimum absolute atomic E-state index is 0.212. The lowest BCUT2D eigenvalue weighted by Crippen LogP contribution is -2.31. The highest BCUT2D eigenvalue weighted by Crippen LogP contribution is 2.26. The Kier molecular flexibility index (Phi) is 3.73. The summed E-state index contributed by atoms with van der Waals surface area (Å²) in [5.74, 6) is 3.94. The molecule has 1 fully saturated rings. The van der Waals surface area contributed by atoms with E-state index >= 15 is 0 Å². The van der Waals surface area contributed by atoms with Crippen molar-refractivity contribution in [3.63, 3.8) is 0 Å². The maximum Gasteiger partial charge on any atom is 0.307 e. The van der Waals surface area contributed by atoms with Gasteiger partial charge in [-0.1, -0.05) is 6.07 Å². The van der Waals surface area contributed by atoms with Gasteiger partial charge in [0.05, 0.1) is 0 Å². The smallest absolute Gasteiger partial charge is 0.307 e. The standard InChI is InChI=1S/C11H12FN3O4S/c12-20(18,19)9-5-10(16)15(6-9)8-3-1-2-7(4-8)11(17)14-13/h1-4,9H,5-6,13H2,(H,14,17). The van der Waals surface area contributed by atoms with Crippen molar-refractivity contribution in [2.75, 3.05) is 11.4 Å². The van der Waals surface area contributed by atoms with Gasteiger partial charge in [0.15, 0.2) is 0 Å². The van der Waals surface area contributed by atoms with Crippen molar-refractivity contribution < 1.29 is 21.9 Å². The van der Waals surface area contributed by atoms with Gasteiger partial charge in [0.2, 0.25) is 5.91 Å². The summed E-state index contributed by atoms with van der Waals surface area (Å²) in [6.45, 7) is -0.272. The fraction of sp³-hybridized carbons (Fsp3) is 0.273. The van der Waals surface area contributed by atoms with Gasteiger partial charge in [-0.3, -0.25) is 15.0 Å². The van der Waals surface area contributed by atoms with Crippen LogP contribution < -0.4 is 16.2 Å². The molecule has 0 aliphatic carbocycles. The Hall–Kier alpha value is -2.00. The Labute approximate surface area is 114 Å². The van der Waals surface area contributed by atoms with Crippen molar-refractivity contribution >= 4 is 27.7 Å². The number of amides is 2. The molecule has 1 aromatic rings. The third-order valence-electron chi connectivity index (χ3n) is 3.04. The first-order chi connectivity index (χ1) is 9.32. The molecule has 2 amide bonds. The number of benzene rings is 1. The van der Waals surface area contributed by atoms with Crippen LogP contribution in [-0.4, -0.2) is 32.0 Å². The number of halogens is 1. The number of hydrogen-bond acceptors (Lipinski definition) is 5. The van der Waals surface area contributed by atoms with Crippen LogP contribution in [0.2, 0.25) is 0 Å². The number of carbonyl (C=O) groups is 2. The quantitative estimate of drug-likeness (QED) is 0.344. The largest absolute Gasteiger partial charge is 0.311 e. The van der Waals surface area contributed by atoms with Gasteiger partial charge in [-0.2, -0.15) is 8.42 Å². The summed E-state index contributed by atoms with van der Waals surface area (Å²) >= 11 is 0. The number of nitrogens with two attached hydrogens (primary N) is 1. The maximum atomic E-state index is 12.9. The van der Waals surface area contributed by atoms with E-state index in [9.17, 15) is 21.9 Å². The van der Waals surface area contributed by atoms with Gasteiger partial charge < -0.3 is 4.90 Å². The lowest BCUT2D eigenvalue weighted by atomic mass is 10.2. The number of hydrazine groups is 1. The molecule has 20 heavy (non-hydrogen) atoms. The van der Waals surface area contributed by atoms with E-state index < -0.39 is 33.7 Å². The summed E-state index contributed by atoms with van der Waals surface area (Å²) in [4.78, 5) is 24.3. The summed E-state index contributed by atoms with van der Waals surface area (Å²) in [7, 11) is -4.77. The van der Waals surface area contributed by atoms with Gasteiger partial charge in [0, 0.05) is 24.2 Å². The molecule has 0 aromatic heterocycles. The topological polar surface area (TPSA) is 110 Å². The molecular weight excluding hydrogens is 289 g/mol. The second kappa shape index (κ2) is 5.17. The highest BCUT2D eigenvalue weighted by Gasteiger charge is 2.39. The van der Waals surface area contributed by atoms with Crippen molar-refractivity contribution in [1.82, 2.24) is 5.43 Å². The molecule has 7 nitrogen and oxygen atoms in total. The first kappa shape index (κ1) is 14.4. The van der Waals surface area contributed by atoms with Crippen LogP contribution in [0.3, 0.4) is 0 Å². The molecule has 1 aliphatic rings. The van der Waals surface area contributed by atoms with Crippen molar-refractivity contribution in [3.8, 4) is 0 Å². The molecule has 3 N–H and O–H groups in total. The molecule has 1 unspecified atom stereocenters. The minimum Gasteiger partial charge on any atom is -0.311 e. The zero-order valence-electron chi connectivity index (χ0n) is 10.2.